The molecule has 0 radical (unpaired) electrons. The van der Waals surface area contributed by atoms with Gasteiger partial charge in [-0.2, -0.15) is 18.3 Å². The van der Waals surface area contributed by atoms with Crippen molar-refractivity contribution in [3.8, 4) is 0 Å². The standard InChI is InChI=1S/C12H9F4N3O/c1-6-5-17-19-10(6)18-11(20)7-2-3-9(13)8(4-7)12(14,15)16/h2-5H,1H3,(H2,17,18,19,20). The minimum atomic E-state index is -4.86. The third-order valence-electron chi connectivity index (χ3n) is 2.60. The monoisotopic (exact) mass is 287 g/mol. The van der Waals surface area contributed by atoms with Crippen molar-refractivity contribution < 1.29 is 22.4 Å². The Labute approximate surface area is 110 Å². The molecule has 1 amide bonds. The Morgan fingerprint density at radius 3 is 2.60 bits per heavy atom. The van der Waals surface area contributed by atoms with Crippen molar-refractivity contribution in [3.05, 3.63) is 46.9 Å². The Bertz CT molecular complexity index is 648. The van der Waals surface area contributed by atoms with Crippen LogP contribution < -0.4 is 5.32 Å². The molecule has 0 spiro atoms. The number of carbonyl (C=O) groups excluding carboxylic acids is 1. The van der Waals surface area contributed by atoms with Gasteiger partial charge in [0.1, 0.15) is 11.6 Å². The normalized spacial score (nSPS) is 11.4. The van der Waals surface area contributed by atoms with Gasteiger partial charge in [0.15, 0.2) is 0 Å². The molecule has 8 heteroatoms. The molecular weight excluding hydrogens is 278 g/mol. The summed E-state index contributed by atoms with van der Waals surface area (Å²) in [5.41, 5.74) is -1.16. The number of benzene rings is 1. The maximum Gasteiger partial charge on any atom is 0.419 e. The summed E-state index contributed by atoms with van der Waals surface area (Å²) in [4.78, 5) is 11.8. The lowest BCUT2D eigenvalue weighted by molar-refractivity contribution is -0.140. The van der Waals surface area contributed by atoms with Crippen LogP contribution in [0.4, 0.5) is 23.4 Å². The van der Waals surface area contributed by atoms with Crippen molar-refractivity contribution in [2.75, 3.05) is 5.32 Å². The molecule has 2 N–H and O–H groups in total. The molecule has 2 aromatic rings. The highest BCUT2D eigenvalue weighted by Crippen LogP contribution is 2.32. The summed E-state index contributed by atoms with van der Waals surface area (Å²) in [7, 11) is 0. The van der Waals surface area contributed by atoms with Crippen molar-refractivity contribution in [3.63, 3.8) is 0 Å². The van der Waals surface area contributed by atoms with Gasteiger partial charge in [-0.15, -0.1) is 0 Å². The average molecular weight is 287 g/mol. The molecule has 106 valence electrons. The molecule has 1 heterocycles. The zero-order valence-electron chi connectivity index (χ0n) is 10.2. The first kappa shape index (κ1) is 14.0. The first-order valence-corrected chi connectivity index (χ1v) is 5.47. The highest BCUT2D eigenvalue weighted by molar-refractivity contribution is 6.04. The van der Waals surface area contributed by atoms with Crippen LogP contribution in [0.15, 0.2) is 24.4 Å². The van der Waals surface area contributed by atoms with Crippen molar-refractivity contribution in [1.29, 1.82) is 0 Å². The van der Waals surface area contributed by atoms with Gasteiger partial charge >= 0.3 is 6.18 Å². The van der Waals surface area contributed by atoms with Crippen LogP contribution in [0.5, 0.6) is 0 Å². The molecule has 0 unspecified atom stereocenters. The minimum absolute atomic E-state index is 0.271. The largest absolute Gasteiger partial charge is 0.419 e. The number of alkyl halides is 3. The molecule has 0 saturated carbocycles. The molecule has 0 aliphatic carbocycles. The Hall–Kier alpha value is -2.38. The van der Waals surface area contributed by atoms with E-state index in [2.05, 4.69) is 15.5 Å². The van der Waals surface area contributed by atoms with Crippen LogP contribution >= 0.6 is 0 Å². The van der Waals surface area contributed by atoms with Crippen LogP contribution in [0.3, 0.4) is 0 Å². The van der Waals surface area contributed by atoms with Gasteiger partial charge in [0.05, 0.1) is 11.8 Å². The number of H-pyrrole nitrogens is 1. The molecule has 0 fully saturated rings. The van der Waals surface area contributed by atoms with Gasteiger partial charge in [0.25, 0.3) is 5.91 Å². The molecular formula is C12H9F4N3O. The number of aromatic amines is 1. The molecule has 4 nitrogen and oxygen atoms in total. The number of carbonyl (C=O) groups is 1. The lowest BCUT2D eigenvalue weighted by Gasteiger charge is -2.10. The van der Waals surface area contributed by atoms with Crippen LogP contribution in [0.2, 0.25) is 0 Å². The fourth-order valence-corrected chi connectivity index (χ4v) is 1.54. The summed E-state index contributed by atoms with van der Waals surface area (Å²) in [5, 5.41) is 8.50. The minimum Gasteiger partial charge on any atom is -0.307 e. The van der Waals surface area contributed by atoms with E-state index in [1.807, 2.05) is 0 Å². The zero-order valence-corrected chi connectivity index (χ0v) is 10.2. The summed E-state index contributed by atoms with van der Waals surface area (Å²) in [6, 6.07) is 2.06. The fraction of sp³-hybridized carbons (Fsp3) is 0.167. The summed E-state index contributed by atoms with van der Waals surface area (Å²) < 4.78 is 50.7. The lowest BCUT2D eigenvalue weighted by Crippen LogP contribution is -2.15. The molecule has 0 aliphatic rings. The topological polar surface area (TPSA) is 57.8 Å². The van der Waals surface area contributed by atoms with Gasteiger partial charge in [0, 0.05) is 11.1 Å². The van der Waals surface area contributed by atoms with Crippen molar-refractivity contribution in [2.45, 2.75) is 13.1 Å². The number of rotatable bonds is 2. The molecule has 20 heavy (non-hydrogen) atoms. The second-order valence-electron chi connectivity index (χ2n) is 4.07. The van der Waals surface area contributed by atoms with Crippen LogP contribution in [0, 0.1) is 12.7 Å². The third kappa shape index (κ3) is 2.79. The summed E-state index contributed by atoms with van der Waals surface area (Å²) in [6.07, 6.45) is -3.41. The second kappa shape index (κ2) is 4.95. The van der Waals surface area contributed by atoms with Gasteiger partial charge in [-0.05, 0) is 25.1 Å². The van der Waals surface area contributed by atoms with E-state index in [4.69, 9.17) is 0 Å². The number of nitrogens with zero attached hydrogens (tertiary/aromatic N) is 1. The van der Waals surface area contributed by atoms with E-state index in [0.29, 0.717) is 17.7 Å². The summed E-state index contributed by atoms with van der Waals surface area (Å²) in [6.45, 7) is 1.66. The molecule has 0 bridgehead atoms. The van der Waals surface area contributed by atoms with Gasteiger partial charge in [-0.3, -0.25) is 9.89 Å². The van der Waals surface area contributed by atoms with E-state index >= 15 is 0 Å². The Kier molecular flexibility index (Phi) is 3.47. The lowest BCUT2D eigenvalue weighted by atomic mass is 10.1. The highest BCUT2D eigenvalue weighted by atomic mass is 19.4. The predicted octanol–water partition coefficient (Wildman–Crippen LogP) is 3.13. The quantitative estimate of drug-likeness (QED) is 0.834. The van der Waals surface area contributed by atoms with Gasteiger partial charge < -0.3 is 5.32 Å². The fourth-order valence-electron chi connectivity index (χ4n) is 1.54. The number of aromatic nitrogens is 2. The van der Waals surface area contributed by atoms with Crippen LogP contribution in [0.25, 0.3) is 0 Å². The maximum absolute atomic E-state index is 13.1. The van der Waals surface area contributed by atoms with Crippen LogP contribution in [0.1, 0.15) is 21.5 Å². The number of anilines is 1. The summed E-state index contributed by atoms with van der Waals surface area (Å²) >= 11 is 0. The number of hydrogen-bond acceptors (Lipinski definition) is 2. The average Bonchev–Trinajstić information content (AvgIpc) is 2.74. The van der Waals surface area contributed by atoms with Gasteiger partial charge in [-0.1, -0.05) is 0 Å². The van der Waals surface area contributed by atoms with Gasteiger partial charge in [0.2, 0.25) is 0 Å². The number of halogens is 4. The van der Waals surface area contributed by atoms with E-state index in [1.165, 1.54) is 6.20 Å². The molecule has 2 rings (SSSR count). The number of hydrogen-bond donors (Lipinski definition) is 2. The number of aryl methyl sites for hydroxylation is 1. The van der Waals surface area contributed by atoms with Crippen molar-refractivity contribution in [1.82, 2.24) is 10.2 Å². The first-order chi connectivity index (χ1) is 9.29. The Balaban J connectivity index is 2.29. The van der Waals surface area contributed by atoms with Crippen molar-refractivity contribution in [2.24, 2.45) is 0 Å². The number of nitrogens with one attached hydrogen (secondary N) is 2. The Morgan fingerprint density at radius 1 is 1.35 bits per heavy atom. The van der Waals surface area contributed by atoms with Gasteiger partial charge in [-0.25, -0.2) is 4.39 Å². The van der Waals surface area contributed by atoms with Crippen LogP contribution in [-0.4, -0.2) is 16.1 Å². The smallest absolute Gasteiger partial charge is 0.307 e. The maximum atomic E-state index is 13.1. The van der Waals surface area contributed by atoms with Crippen molar-refractivity contribution >= 4 is 11.7 Å². The molecule has 1 aromatic carbocycles. The zero-order chi connectivity index (χ0) is 14.9. The van der Waals surface area contributed by atoms with E-state index < -0.39 is 23.5 Å². The number of amides is 1. The molecule has 0 aliphatic heterocycles. The molecule has 0 saturated heterocycles. The SMILES string of the molecule is Cc1cn[nH]c1NC(=O)c1ccc(F)c(C(F)(F)F)c1. The van der Waals surface area contributed by atoms with Crippen LogP contribution in [-0.2, 0) is 6.18 Å². The summed E-state index contributed by atoms with van der Waals surface area (Å²) in [5.74, 6) is -1.94. The predicted molar refractivity (Wildman–Crippen MR) is 62.7 cm³/mol. The first-order valence-electron chi connectivity index (χ1n) is 5.47. The molecule has 0 atom stereocenters. The van der Waals surface area contributed by atoms with E-state index in [1.54, 1.807) is 6.92 Å². The van der Waals surface area contributed by atoms with E-state index in [-0.39, 0.29) is 11.4 Å². The van der Waals surface area contributed by atoms with E-state index in [0.717, 1.165) is 6.07 Å². The molecule has 1 aromatic heterocycles. The third-order valence-corrected chi connectivity index (χ3v) is 2.60. The Morgan fingerprint density at radius 2 is 2.05 bits per heavy atom. The highest BCUT2D eigenvalue weighted by Gasteiger charge is 2.34. The van der Waals surface area contributed by atoms with E-state index in [9.17, 15) is 22.4 Å². The second-order valence-corrected chi connectivity index (χ2v) is 4.07.